The summed E-state index contributed by atoms with van der Waals surface area (Å²) in [4.78, 5) is 15.7. The van der Waals surface area contributed by atoms with Crippen LogP contribution in [0.2, 0.25) is 0 Å². The highest BCUT2D eigenvalue weighted by atomic mass is 19.1. The SMILES string of the molecule is Cc1nc2ccccc2c(NCc2ccccc2F)c1CC(=O)O. The molecule has 2 N–H and O–H groups in total. The number of nitrogens with one attached hydrogen (secondary N) is 1. The van der Waals surface area contributed by atoms with Gasteiger partial charge in [0.05, 0.1) is 11.9 Å². The Balaban J connectivity index is 2.06. The fourth-order valence-electron chi connectivity index (χ4n) is 2.77. The van der Waals surface area contributed by atoms with Crippen molar-refractivity contribution in [3.05, 3.63) is 71.2 Å². The lowest BCUT2D eigenvalue weighted by Crippen LogP contribution is -2.10. The van der Waals surface area contributed by atoms with Crippen molar-refractivity contribution in [3.8, 4) is 0 Å². The molecule has 24 heavy (non-hydrogen) atoms. The van der Waals surface area contributed by atoms with E-state index in [2.05, 4.69) is 10.3 Å². The summed E-state index contributed by atoms with van der Waals surface area (Å²) >= 11 is 0. The van der Waals surface area contributed by atoms with Crippen molar-refractivity contribution < 1.29 is 14.3 Å². The van der Waals surface area contributed by atoms with Crippen LogP contribution < -0.4 is 5.32 Å². The van der Waals surface area contributed by atoms with Gasteiger partial charge in [-0.1, -0.05) is 36.4 Å². The molecule has 0 saturated carbocycles. The van der Waals surface area contributed by atoms with Gasteiger partial charge in [0.1, 0.15) is 5.82 Å². The first kappa shape index (κ1) is 15.9. The molecule has 1 aromatic heterocycles. The average Bonchev–Trinajstić information content (AvgIpc) is 2.55. The number of carbonyl (C=O) groups is 1. The molecule has 0 atom stereocenters. The third-order valence-corrected chi connectivity index (χ3v) is 3.94. The summed E-state index contributed by atoms with van der Waals surface area (Å²) in [5.41, 5.74) is 3.28. The van der Waals surface area contributed by atoms with E-state index in [1.54, 1.807) is 25.1 Å². The van der Waals surface area contributed by atoms with Gasteiger partial charge in [0.15, 0.2) is 0 Å². The normalized spacial score (nSPS) is 10.8. The average molecular weight is 324 g/mol. The molecule has 0 radical (unpaired) electrons. The summed E-state index contributed by atoms with van der Waals surface area (Å²) in [6, 6.07) is 14.0. The zero-order chi connectivity index (χ0) is 17.1. The molecule has 3 rings (SSSR count). The highest BCUT2D eigenvalue weighted by Crippen LogP contribution is 2.29. The lowest BCUT2D eigenvalue weighted by Gasteiger charge is -2.16. The summed E-state index contributed by atoms with van der Waals surface area (Å²) in [5.74, 6) is -1.22. The predicted octanol–water partition coefficient (Wildman–Crippen LogP) is 3.92. The molecule has 0 amide bonds. The van der Waals surface area contributed by atoms with Gasteiger partial charge in [-0.3, -0.25) is 9.78 Å². The number of nitrogens with zero attached hydrogens (tertiary/aromatic N) is 1. The lowest BCUT2D eigenvalue weighted by molar-refractivity contribution is -0.136. The number of benzene rings is 2. The van der Waals surface area contributed by atoms with Gasteiger partial charge in [-0.25, -0.2) is 4.39 Å². The molecule has 0 fully saturated rings. The van der Waals surface area contributed by atoms with E-state index >= 15 is 0 Å². The molecule has 4 nitrogen and oxygen atoms in total. The second kappa shape index (κ2) is 6.66. The number of aryl methyl sites for hydroxylation is 1. The van der Waals surface area contributed by atoms with Gasteiger partial charge in [-0.15, -0.1) is 0 Å². The second-order valence-corrected chi connectivity index (χ2v) is 5.58. The smallest absolute Gasteiger partial charge is 0.307 e. The summed E-state index contributed by atoms with van der Waals surface area (Å²) in [6.07, 6.45) is -0.136. The summed E-state index contributed by atoms with van der Waals surface area (Å²) < 4.78 is 13.8. The van der Waals surface area contributed by atoms with Gasteiger partial charge < -0.3 is 10.4 Å². The van der Waals surface area contributed by atoms with E-state index in [4.69, 9.17) is 0 Å². The quantitative estimate of drug-likeness (QED) is 0.747. The van der Waals surface area contributed by atoms with E-state index in [1.165, 1.54) is 6.07 Å². The number of hydrogen-bond donors (Lipinski definition) is 2. The molecule has 2 aromatic carbocycles. The highest BCUT2D eigenvalue weighted by molar-refractivity contribution is 5.94. The molecule has 0 bridgehead atoms. The Bertz CT molecular complexity index is 909. The molecule has 0 aliphatic heterocycles. The van der Waals surface area contributed by atoms with Crippen molar-refractivity contribution in [1.29, 1.82) is 0 Å². The summed E-state index contributed by atoms with van der Waals surface area (Å²) in [7, 11) is 0. The zero-order valence-electron chi connectivity index (χ0n) is 13.2. The van der Waals surface area contributed by atoms with E-state index < -0.39 is 5.97 Å². The van der Waals surface area contributed by atoms with Crippen LogP contribution in [0, 0.1) is 12.7 Å². The van der Waals surface area contributed by atoms with Gasteiger partial charge in [0, 0.05) is 34.4 Å². The van der Waals surface area contributed by atoms with Crippen molar-refractivity contribution in [3.63, 3.8) is 0 Å². The number of anilines is 1. The Morgan fingerprint density at radius 2 is 1.88 bits per heavy atom. The number of rotatable bonds is 5. The van der Waals surface area contributed by atoms with Gasteiger partial charge in [-0.05, 0) is 19.1 Å². The molecule has 5 heteroatoms. The fourth-order valence-corrected chi connectivity index (χ4v) is 2.77. The van der Waals surface area contributed by atoms with Crippen LogP contribution >= 0.6 is 0 Å². The molecule has 3 aromatic rings. The molecule has 122 valence electrons. The standard InChI is InChI=1S/C19H17FN2O2/c1-12-15(10-18(23)24)19(14-7-3-5-9-17(14)22-12)21-11-13-6-2-4-8-16(13)20/h2-9H,10-11H2,1H3,(H,21,22)(H,23,24). The van der Waals surface area contributed by atoms with Crippen LogP contribution in [0.15, 0.2) is 48.5 Å². The molecule has 0 aliphatic carbocycles. The maximum Gasteiger partial charge on any atom is 0.307 e. The van der Waals surface area contributed by atoms with Crippen LogP contribution in [0.3, 0.4) is 0 Å². The van der Waals surface area contributed by atoms with Crippen LogP contribution in [-0.2, 0) is 17.8 Å². The second-order valence-electron chi connectivity index (χ2n) is 5.58. The minimum absolute atomic E-state index is 0.136. The third kappa shape index (κ3) is 3.20. The molecule has 0 saturated heterocycles. The van der Waals surface area contributed by atoms with Crippen LogP contribution in [0.25, 0.3) is 10.9 Å². The number of carboxylic acid groups (broad SMARTS) is 1. The van der Waals surface area contributed by atoms with Crippen molar-refractivity contribution in [1.82, 2.24) is 4.98 Å². The Morgan fingerprint density at radius 3 is 2.62 bits per heavy atom. The van der Waals surface area contributed by atoms with Crippen molar-refractivity contribution in [2.75, 3.05) is 5.32 Å². The Morgan fingerprint density at radius 1 is 1.17 bits per heavy atom. The number of halogens is 1. The topological polar surface area (TPSA) is 62.2 Å². The van der Waals surface area contributed by atoms with E-state index in [1.807, 2.05) is 24.3 Å². The number of aliphatic carboxylic acids is 1. The first-order chi connectivity index (χ1) is 11.6. The number of hydrogen-bond acceptors (Lipinski definition) is 3. The number of carboxylic acids is 1. The van der Waals surface area contributed by atoms with Crippen molar-refractivity contribution >= 4 is 22.6 Å². The monoisotopic (exact) mass is 324 g/mol. The van der Waals surface area contributed by atoms with E-state index in [0.29, 0.717) is 22.5 Å². The minimum Gasteiger partial charge on any atom is -0.481 e. The largest absolute Gasteiger partial charge is 0.481 e. The van der Waals surface area contributed by atoms with Crippen LogP contribution in [0.1, 0.15) is 16.8 Å². The first-order valence-electron chi connectivity index (χ1n) is 7.63. The number of para-hydroxylation sites is 1. The summed E-state index contributed by atoms with van der Waals surface area (Å²) in [6.45, 7) is 2.06. The van der Waals surface area contributed by atoms with E-state index in [9.17, 15) is 14.3 Å². The predicted molar refractivity (Wildman–Crippen MR) is 91.5 cm³/mol. The maximum absolute atomic E-state index is 13.8. The van der Waals surface area contributed by atoms with Crippen molar-refractivity contribution in [2.24, 2.45) is 0 Å². The van der Waals surface area contributed by atoms with E-state index in [0.717, 1.165) is 10.9 Å². The maximum atomic E-state index is 13.8. The van der Waals surface area contributed by atoms with Gasteiger partial charge in [0.2, 0.25) is 0 Å². The van der Waals surface area contributed by atoms with E-state index in [-0.39, 0.29) is 18.8 Å². The fraction of sp³-hybridized carbons (Fsp3) is 0.158. The summed E-state index contributed by atoms with van der Waals surface area (Å²) in [5, 5.41) is 13.2. The number of aromatic nitrogens is 1. The molecule has 1 heterocycles. The van der Waals surface area contributed by atoms with Gasteiger partial charge in [-0.2, -0.15) is 0 Å². The Hall–Kier alpha value is -2.95. The Kier molecular flexibility index (Phi) is 4.42. The molecular weight excluding hydrogens is 307 g/mol. The highest BCUT2D eigenvalue weighted by Gasteiger charge is 2.15. The minimum atomic E-state index is -0.927. The molecule has 0 aliphatic rings. The van der Waals surface area contributed by atoms with Crippen LogP contribution in [0.5, 0.6) is 0 Å². The first-order valence-corrected chi connectivity index (χ1v) is 7.63. The van der Waals surface area contributed by atoms with Crippen LogP contribution in [-0.4, -0.2) is 16.1 Å². The number of pyridine rings is 1. The zero-order valence-corrected chi connectivity index (χ0v) is 13.2. The molecule has 0 spiro atoms. The third-order valence-electron chi connectivity index (χ3n) is 3.94. The molecule has 0 unspecified atom stereocenters. The van der Waals surface area contributed by atoms with Crippen LogP contribution in [0.4, 0.5) is 10.1 Å². The molecular formula is C19H17FN2O2. The van der Waals surface area contributed by atoms with Crippen molar-refractivity contribution in [2.45, 2.75) is 19.9 Å². The lowest BCUT2D eigenvalue weighted by atomic mass is 10.0. The van der Waals surface area contributed by atoms with Gasteiger partial charge >= 0.3 is 5.97 Å². The number of fused-ring (bicyclic) bond motifs is 1. The van der Waals surface area contributed by atoms with Gasteiger partial charge in [0.25, 0.3) is 0 Å². The Labute approximate surface area is 139 Å².